The molecule has 3 atom stereocenters. The summed E-state index contributed by atoms with van der Waals surface area (Å²) in [4.78, 5) is 0. The van der Waals surface area contributed by atoms with Crippen LogP contribution >= 0.6 is 15.9 Å². The minimum atomic E-state index is -0.133. The lowest BCUT2D eigenvalue weighted by Gasteiger charge is -2.51. The molecular weight excluding hydrogens is 252 g/mol. The van der Waals surface area contributed by atoms with E-state index in [2.05, 4.69) is 48.0 Å². The Balaban J connectivity index is 2.26. The first-order chi connectivity index (χ1) is 7.08. The van der Waals surface area contributed by atoms with Gasteiger partial charge in [0, 0.05) is 9.89 Å². The zero-order chi connectivity index (χ0) is 11.1. The van der Waals surface area contributed by atoms with Crippen LogP contribution in [0.1, 0.15) is 38.2 Å². The highest BCUT2D eigenvalue weighted by Gasteiger charge is 2.49. The van der Waals surface area contributed by atoms with Crippen molar-refractivity contribution in [3.8, 4) is 0 Å². The van der Waals surface area contributed by atoms with Crippen molar-refractivity contribution in [3.63, 3.8) is 0 Å². The standard InChI is InChI=1S/C13H17BrO/c1-3-13(2)11(8-12(13)15)9-5-4-6-10(14)7-9/h4-7,11-12,15H,3,8H2,1-2H3. The molecule has 3 unspecified atom stereocenters. The minimum absolute atomic E-state index is 0.0702. The molecule has 0 radical (unpaired) electrons. The van der Waals surface area contributed by atoms with Gasteiger partial charge >= 0.3 is 0 Å². The van der Waals surface area contributed by atoms with Gasteiger partial charge in [0.15, 0.2) is 0 Å². The third-order valence-corrected chi connectivity index (χ3v) is 4.52. The van der Waals surface area contributed by atoms with Gasteiger partial charge < -0.3 is 5.11 Å². The van der Waals surface area contributed by atoms with E-state index in [1.165, 1.54) is 5.56 Å². The van der Waals surface area contributed by atoms with Gasteiger partial charge in [-0.25, -0.2) is 0 Å². The van der Waals surface area contributed by atoms with Crippen LogP contribution < -0.4 is 0 Å². The summed E-state index contributed by atoms with van der Waals surface area (Å²) in [5, 5.41) is 9.86. The lowest BCUT2D eigenvalue weighted by molar-refractivity contribution is -0.0777. The third kappa shape index (κ3) is 1.74. The second kappa shape index (κ2) is 3.91. The van der Waals surface area contributed by atoms with E-state index in [9.17, 15) is 5.11 Å². The van der Waals surface area contributed by atoms with Gasteiger partial charge in [0.05, 0.1) is 6.10 Å². The lowest BCUT2D eigenvalue weighted by Crippen LogP contribution is -2.49. The quantitative estimate of drug-likeness (QED) is 0.867. The molecule has 2 rings (SSSR count). The van der Waals surface area contributed by atoms with Crippen molar-refractivity contribution in [1.29, 1.82) is 0 Å². The number of benzene rings is 1. The van der Waals surface area contributed by atoms with E-state index >= 15 is 0 Å². The smallest absolute Gasteiger partial charge is 0.0605 e. The zero-order valence-corrected chi connectivity index (χ0v) is 10.8. The molecular formula is C13H17BrO. The molecule has 0 spiro atoms. The molecule has 1 fully saturated rings. The minimum Gasteiger partial charge on any atom is -0.393 e. The van der Waals surface area contributed by atoms with Crippen LogP contribution in [0.5, 0.6) is 0 Å². The van der Waals surface area contributed by atoms with E-state index in [1.807, 2.05) is 6.07 Å². The van der Waals surface area contributed by atoms with Crippen LogP contribution in [0.2, 0.25) is 0 Å². The molecule has 2 heteroatoms. The second-order valence-electron chi connectivity index (χ2n) is 4.72. The molecule has 1 aromatic rings. The van der Waals surface area contributed by atoms with Crippen LogP contribution in [0.3, 0.4) is 0 Å². The van der Waals surface area contributed by atoms with Crippen LogP contribution in [-0.2, 0) is 0 Å². The van der Waals surface area contributed by atoms with Gasteiger partial charge in [-0.2, -0.15) is 0 Å². The van der Waals surface area contributed by atoms with Crippen molar-refractivity contribution in [3.05, 3.63) is 34.3 Å². The maximum atomic E-state index is 9.86. The molecule has 0 aromatic heterocycles. The number of hydrogen-bond acceptors (Lipinski definition) is 1. The van der Waals surface area contributed by atoms with Crippen molar-refractivity contribution >= 4 is 15.9 Å². The van der Waals surface area contributed by atoms with Gasteiger partial charge in [0.25, 0.3) is 0 Å². The van der Waals surface area contributed by atoms with Crippen LogP contribution in [0, 0.1) is 5.41 Å². The monoisotopic (exact) mass is 268 g/mol. The summed E-state index contributed by atoms with van der Waals surface area (Å²) in [6, 6.07) is 8.45. The summed E-state index contributed by atoms with van der Waals surface area (Å²) in [5.74, 6) is 0.509. The highest BCUT2D eigenvalue weighted by Crippen LogP contribution is 2.54. The molecule has 1 aliphatic carbocycles. The fourth-order valence-electron chi connectivity index (χ4n) is 2.56. The van der Waals surface area contributed by atoms with Gasteiger partial charge in [-0.1, -0.05) is 41.9 Å². The van der Waals surface area contributed by atoms with Crippen molar-refractivity contribution in [2.45, 2.75) is 38.7 Å². The predicted molar refractivity (Wildman–Crippen MR) is 65.9 cm³/mol. The molecule has 0 bridgehead atoms. The Morgan fingerprint density at radius 2 is 2.27 bits per heavy atom. The summed E-state index contributed by atoms with van der Waals surface area (Å²) in [6.07, 6.45) is 1.80. The average Bonchev–Trinajstić information content (AvgIpc) is 2.24. The average molecular weight is 269 g/mol. The first-order valence-electron chi connectivity index (χ1n) is 5.51. The molecule has 1 N–H and O–H groups in total. The van der Waals surface area contributed by atoms with E-state index in [4.69, 9.17) is 0 Å². The number of halogens is 1. The Morgan fingerprint density at radius 3 is 2.80 bits per heavy atom. The first kappa shape index (κ1) is 11.2. The molecule has 1 nitrogen and oxygen atoms in total. The summed E-state index contributed by atoms with van der Waals surface area (Å²) in [7, 11) is 0. The van der Waals surface area contributed by atoms with Crippen LogP contribution in [0.25, 0.3) is 0 Å². The largest absolute Gasteiger partial charge is 0.393 e. The molecule has 1 aliphatic rings. The van der Waals surface area contributed by atoms with Gasteiger partial charge in [-0.15, -0.1) is 0 Å². The van der Waals surface area contributed by atoms with Crippen LogP contribution in [0.4, 0.5) is 0 Å². The molecule has 15 heavy (non-hydrogen) atoms. The van der Waals surface area contributed by atoms with Gasteiger partial charge in [-0.3, -0.25) is 0 Å². The zero-order valence-electron chi connectivity index (χ0n) is 9.20. The van der Waals surface area contributed by atoms with Crippen LogP contribution in [-0.4, -0.2) is 11.2 Å². The first-order valence-corrected chi connectivity index (χ1v) is 6.30. The summed E-state index contributed by atoms with van der Waals surface area (Å²) < 4.78 is 1.12. The SMILES string of the molecule is CCC1(C)C(O)CC1c1cccc(Br)c1. The third-order valence-electron chi connectivity index (χ3n) is 4.03. The Hall–Kier alpha value is -0.340. The number of rotatable bonds is 2. The molecule has 82 valence electrons. The highest BCUT2D eigenvalue weighted by molar-refractivity contribution is 9.10. The topological polar surface area (TPSA) is 20.2 Å². The Labute approximate surface area is 99.6 Å². The lowest BCUT2D eigenvalue weighted by atomic mass is 9.55. The van der Waals surface area contributed by atoms with E-state index in [1.54, 1.807) is 0 Å². The van der Waals surface area contributed by atoms with Crippen molar-refractivity contribution in [2.75, 3.05) is 0 Å². The summed E-state index contributed by atoms with van der Waals surface area (Å²) in [5.41, 5.74) is 1.42. The maximum Gasteiger partial charge on any atom is 0.0605 e. The van der Waals surface area contributed by atoms with Crippen molar-refractivity contribution in [1.82, 2.24) is 0 Å². The molecule has 1 aromatic carbocycles. The highest BCUT2D eigenvalue weighted by atomic mass is 79.9. The number of hydrogen-bond donors (Lipinski definition) is 1. The second-order valence-corrected chi connectivity index (χ2v) is 5.63. The number of aliphatic hydroxyl groups is 1. The Kier molecular flexibility index (Phi) is 2.91. The van der Waals surface area contributed by atoms with Gasteiger partial charge in [-0.05, 0) is 36.5 Å². The molecule has 1 saturated carbocycles. The van der Waals surface area contributed by atoms with E-state index in [0.717, 1.165) is 17.3 Å². The predicted octanol–water partition coefficient (Wildman–Crippen LogP) is 3.71. The summed E-state index contributed by atoms with van der Waals surface area (Å²) in [6.45, 7) is 4.35. The Morgan fingerprint density at radius 1 is 1.53 bits per heavy atom. The number of aliphatic hydroxyl groups excluding tert-OH is 1. The maximum absolute atomic E-state index is 9.86. The van der Waals surface area contributed by atoms with Crippen LogP contribution in [0.15, 0.2) is 28.7 Å². The summed E-state index contributed by atoms with van der Waals surface area (Å²) >= 11 is 3.50. The fraction of sp³-hybridized carbons (Fsp3) is 0.538. The Bertz CT molecular complexity index is 363. The van der Waals surface area contributed by atoms with E-state index in [0.29, 0.717) is 5.92 Å². The fourth-order valence-corrected chi connectivity index (χ4v) is 2.97. The normalized spacial score (nSPS) is 34.9. The molecule has 0 saturated heterocycles. The van der Waals surface area contributed by atoms with Crippen molar-refractivity contribution in [2.24, 2.45) is 5.41 Å². The van der Waals surface area contributed by atoms with Gasteiger partial charge in [0.1, 0.15) is 0 Å². The van der Waals surface area contributed by atoms with Crippen molar-refractivity contribution < 1.29 is 5.11 Å². The molecule has 0 heterocycles. The molecule has 0 aliphatic heterocycles. The van der Waals surface area contributed by atoms with E-state index < -0.39 is 0 Å². The molecule has 0 amide bonds. The van der Waals surface area contributed by atoms with Gasteiger partial charge in [0.2, 0.25) is 0 Å². The van der Waals surface area contributed by atoms with E-state index in [-0.39, 0.29) is 11.5 Å².